The summed E-state index contributed by atoms with van der Waals surface area (Å²) >= 11 is 0. The van der Waals surface area contributed by atoms with E-state index in [4.69, 9.17) is 10.1 Å². The molecule has 8 nitrogen and oxygen atoms in total. The van der Waals surface area contributed by atoms with Gasteiger partial charge in [-0.05, 0) is 75.6 Å². The lowest BCUT2D eigenvalue weighted by atomic mass is 10.00. The maximum absolute atomic E-state index is 14.6. The predicted octanol–water partition coefficient (Wildman–Crippen LogP) is 4.64. The van der Waals surface area contributed by atoms with E-state index >= 15 is 0 Å². The van der Waals surface area contributed by atoms with Gasteiger partial charge in [0.15, 0.2) is 0 Å². The average molecular weight is 496 g/mol. The second kappa shape index (κ2) is 11.4. The molecule has 2 heterocycles. The zero-order valence-corrected chi connectivity index (χ0v) is 21.2. The lowest BCUT2D eigenvalue weighted by Crippen LogP contribution is -2.54. The molecule has 1 aromatic carbocycles. The van der Waals surface area contributed by atoms with E-state index in [0.29, 0.717) is 25.3 Å². The van der Waals surface area contributed by atoms with Gasteiger partial charge in [-0.3, -0.25) is 20.1 Å². The number of likely N-dealkylation sites (tertiary alicyclic amines) is 1. The lowest BCUT2D eigenvalue weighted by molar-refractivity contribution is -0.110. The first-order chi connectivity index (χ1) is 16.9. The van der Waals surface area contributed by atoms with Crippen LogP contribution in [0.4, 0.5) is 14.9 Å². The van der Waals surface area contributed by atoms with Gasteiger partial charge in [0.05, 0.1) is 6.04 Å². The van der Waals surface area contributed by atoms with Crippen LogP contribution in [0.1, 0.15) is 38.4 Å². The number of alkyl carbamates (subject to hydrolysis) is 1. The van der Waals surface area contributed by atoms with E-state index in [1.54, 1.807) is 27.0 Å². The molecule has 9 heteroatoms. The molecule has 3 rings (SSSR count). The maximum Gasteiger partial charge on any atom is 0.408 e. The van der Waals surface area contributed by atoms with Crippen LogP contribution >= 0.6 is 0 Å². The summed E-state index contributed by atoms with van der Waals surface area (Å²) in [5.74, 6) is -0.560. The number of halogens is 1. The number of alkyl halides is 1. The van der Waals surface area contributed by atoms with Crippen LogP contribution in [-0.4, -0.2) is 58.5 Å². The topological polar surface area (TPSA) is 107 Å². The molecule has 2 atom stereocenters. The number of nitrogens with zero attached hydrogens (tertiary/aromatic N) is 2. The molecular formula is C27H34FN5O3. The summed E-state index contributed by atoms with van der Waals surface area (Å²) in [6.07, 6.45) is 1.42. The second-order valence-corrected chi connectivity index (χ2v) is 9.97. The van der Waals surface area contributed by atoms with Gasteiger partial charge >= 0.3 is 6.09 Å². The number of amides is 2. The Morgan fingerprint density at radius 3 is 2.67 bits per heavy atom. The van der Waals surface area contributed by atoms with Crippen LogP contribution in [0.3, 0.4) is 0 Å². The summed E-state index contributed by atoms with van der Waals surface area (Å²) in [5, 5.41) is 13.1. The van der Waals surface area contributed by atoms with Gasteiger partial charge in [-0.2, -0.15) is 0 Å². The molecule has 0 bridgehead atoms. The molecule has 0 radical (unpaired) electrons. The van der Waals surface area contributed by atoms with Crippen molar-refractivity contribution in [2.45, 2.75) is 58.5 Å². The van der Waals surface area contributed by atoms with Crippen LogP contribution in [0.15, 0.2) is 49.2 Å². The molecule has 1 aliphatic rings. The van der Waals surface area contributed by atoms with E-state index < -0.39 is 29.8 Å². The number of aromatic nitrogens is 1. The molecule has 3 N–H and O–H groups in total. The van der Waals surface area contributed by atoms with Gasteiger partial charge in [0.2, 0.25) is 0 Å². The van der Waals surface area contributed by atoms with Gasteiger partial charge in [0.25, 0.3) is 5.91 Å². The number of pyridine rings is 1. The smallest absolute Gasteiger partial charge is 0.408 e. The first-order valence-electron chi connectivity index (χ1n) is 11.9. The fourth-order valence-corrected chi connectivity index (χ4v) is 3.94. The highest BCUT2D eigenvalue weighted by molar-refractivity contribution is 6.45. The van der Waals surface area contributed by atoms with Crippen LogP contribution in [0.5, 0.6) is 0 Å². The molecule has 36 heavy (non-hydrogen) atoms. The highest BCUT2D eigenvalue weighted by Crippen LogP contribution is 2.27. The summed E-state index contributed by atoms with van der Waals surface area (Å²) in [6, 6.07) is 8.83. The molecule has 192 valence electrons. The molecule has 0 saturated carbocycles. The first-order valence-corrected chi connectivity index (χ1v) is 11.9. The number of rotatable bonds is 7. The lowest BCUT2D eigenvalue weighted by Gasteiger charge is -2.35. The number of hydrogen-bond donors (Lipinski definition) is 3. The van der Waals surface area contributed by atoms with Crippen LogP contribution in [0, 0.1) is 12.3 Å². The fraction of sp³-hybridized carbons (Fsp3) is 0.407. The largest absolute Gasteiger partial charge is 0.444 e. The zero-order valence-electron chi connectivity index (χ0n) is 21.2. The number of carbonyl (C=O) groups excluding carboxylic acids is 2. The number of piperidine rings is 1. The quantitative estimate of drug-likeness (QED) is 0.485. The molecule has 1 aliphatic heterocycles. The molecule has 0 unspecified atom stereocenters. The predicted molar refractivity (Wildman–Crippen MR) is 139 cm³/mol. The van der Waals surface area contributed by atoms with Gasteiger partial charge in [-0.1, -0.05) is 12.6 Å². The van der Waals surface area contributed by atoms with Crippen molar-refractivity contribution in [2.75, 3.05) is 18.4 Å². The number of nitrogens with one attached hydrogen (secondary N) is 3. The molecule has 1 aromatic heterocycles. The summed E-state index contributed by atoms with van der Waals surface area (Å²) < 4.78 is 19.9. The normalized spacial score (nSPS) is 18.2. The monoisotopic (exact) mass is 495 g/mol. The Hall–Kier alpha value is -3.59. The average Bonchev–Trinajstić information content (AvgIpc) is 2.79. The van der Waals surface area contributed by atoms with E-state index in [-0.39, 0.29) is 12.1 Å². The number of anilines is 1. The van der Waals surface area contributed by atoms with Crippen LogP contribution in [-0.2, 0) is 16.1 Å². The summed E-state index contributed by atoms with van der Waals surface area (Å²) in [6.45, 7) is 12.0. The molecular weight excluding hydrogens is 461 g/mol. The standard InChI is InChI=1S/C27H34FN5O3/c1-6-23(29)25(34)31-21-12-18(11-20(13-21)19-8-7-17(2)30-14-19)15-33-10-9-22(28)24(16-33)32-26(35)36-27(3,4)5/h6-8,11-14,22,24,29H,1,9-10,15-16H2,2-5H3,(H,31,34)(H,32,35)/t22-,24-/m1/s1. The molecule has 1 saturated heterocycles. The Labute approximate surface area is 211 Å². The van der Waals surface area contributed by atoms with E-state index in [2.05, 4.69) is 27.1 Å². The van der Waals surface area contributed by atoms with Crippen molar-refractivity contribution in [1.29, 1.82) is 5.41 Å². The van der Waals surface area contributed by atoms with Gasteiger partial charge in [0, 0.05) is 42.8 Å². The summed E-state index contributed by atoms with van der Waals surface area (Å²) in [4.78, 5) is 30.9. The zero-order chi connectivity index (χ0) is 26.5. The number of aryl methyl sites for hydroxylation is 1. The van der Waals surface area contributed by atoms with Crippen molar-refractivity contribution in [1.82, 2.24) is 15.2 Å². The highest BCUT2D eigenvalue weighted by atomic mass is 19.1. The molecule has 2 aromatic rings. The minimum Gasteiger partial charge on any atom is -0.444 e. The van der Waals surface area contributed by atoms with Crippen molar-refractivity contribution in [3.8, 4) is 11.1 Å². The number of ether oxygens (including phenoxy) is 1. The number of carbonyl (C=O) groups is 2. The highest BCUT2D eigenvalue weighted by Gasteiger charge is 2.32. The third-order valence-electron chi connectivity index (χ3n) is 5.67. The van der Waals surface area contributed by atoms with E-state index in [1.165, 1.54) is 6.08 Å². The Morgan fingerprint density at radius 1 is 1.28 bits per heavy atom. The SMILES string of the molecule is C=CC(=N)C(=O)Nc1cc(CN2CC[C@@H](F)[C@H](NC(=O)OC(C)(C)C)C2)cc(-c2ccc(C)nc2)c1. The van der Waals surface area contributed by atoms with Crippen molar-refractivity contribution in [3.63, 3.8) is 0 Å². The van der Waals surface area contributed by atoms with Crippen molar-refractivity contribution >= 4 is 23.4 Å². The van der Waals surface area contributed by atoms with Crippen LogP contribution < -0.4 is 10.6 Å². The molecule has 2 amide bonds. The van der Waals surface area contributed by atoms with Gasteiger partial charge in [0.1, 0.15) is 17.5 Å². The second-order valence-electron chi connectivity index (χ2n) is 9.97. The number of hydrogen-bond acceptors (Lipinski definition) is 6. The summed E-state index contributed by atoms with van der Waals surface area (Å²) in [7, 11) is 0. The van der Waals surface area contributed by atoms with Crippen molar-refractivity contribution < 1.29 is 18.7 Å². The third-order valence-corrected chi connectivity index (χ3v) is 5.67. The summed E-state index contributed by atoms with van der Waals surface area (Å²) in [5.41, 5.74) is 3.14. The Bertz CT molecular complexity index is 1130. The first kappa shape index (κ1) is 27.0. The van der Waals surface area contributed by atoms with Crippen LogP contribution in [0.25, 0.3) is 11.1 Å². The van der Waals surface area contributed by atoms with Gasteiger partial charge < -0.3 is 15.4 Å². The van der Waals surface area contributed by atoms with E-state index in [1.807, 2.05) is 37.3 Å². The molecule has 0 aliphatic carbocycles. The Balaban J connectivity index is 1.81. The number of benzene rings is 1. The van der Waals surface area contributed by atoms with Crippen molar-refractivity contribution in [3.05, 3.63) is 60.4 Å². The maximum atomic E-state index is 14.6. The minimum atomic E-state index is -1.17. The van der Waals surface area contributed by atoms with Crippen LogP contribution in [0.2, 0.25) is 0 Å². The van der Waals surface area contributed by atoms with E-state index in [9.17, 15) is 14.0 Å². The third kappa shape index (κ3) is 7.71. The van der Waals surface area contributed by atoms with Gasteiger partial charge in [-0.25, -0.2) is 9.18 Å². The van der Waals surface area contributed by atoms with E-state index in [0.717, 1.165) is 22.4 Å². The molecule has 1 fully saturated rings. The van der Waals surface area contributed by atoms with Crippen molar-refractivity contribution in [2.24, 2.45) is 0 Å². The van der Waals surface area contributed by atoms with Gasteiger partial charge in [-0.15, -0.1) is 0 Å². The fourth-order valence-electron chi connectivity index (χ4n) is 3.94. The minimum absolute atomic E-state index is 0.236. The Morgan fingerprint density at radius 2 is 2.03 bits per heavy atom. The Kier molecular flexibility index (Phi) is 8.57. The molecule has 0 spiro atoms.